The third kappa shape index (κ3) is 8.65. The van der Waals surface area contributed by atoms with E-state index in [1.807, 2.05) is 0 Å². The molecule has 18 aromatic rings. The van der Waals surface area contributed by atoms with Gasteiger partial charge < -0.3 is 0 Å². The maximum Gasteiger partial charge on any atom is 0.198 e. The van der Waals surface area contributed by atoms with Crippen LogP contribution in [0.2, 0.25) is 0 Å². The van der Waals surface area contributed by atoms with E-state index in [0.29, 0.717) is 131 Å². The van der Waals surface area contributed by atoms with Gasteiger partial charge in [-0.05, 0) is 277 Å². The fourth-order valence-corrected chi connectivity index (χ4v) is 18.1. The van der Waals surface area contributed by atoms with Crippen LogP contribution in [0, 0.1) is 140 Å². The second-order valence-corrected chi connectivity index (χ2v) is 28.6. The maximum absolute atomic E-state index is 15.0. The van der Waals surface area contributed by atoms with E-state index in [2.05, 4.69) is 0 Å². The minimum Gasteiger partial charge on any atom is -0.203 e. The maximum atomic E-state index is 15.0. The van der Waals surface area contributed by atoms with Crippen LogP contribution in [-0.4, -0.2) is 0 Å². The van der Waals surface area contributed by atoms with Gasteiger partial charge in [0.15, 0.2) is 140 Å². The van der Waals surface area contributed by atoms with Crippen molar-refractivity contribution >= 4 is 129 Å². The summed E-state index contributed by atoms with van der Waals surface area (Å²) in [6.07, 6.45) is 0. The second kappa shape index (κ2) is 22.6. The zero-order chi connectivity index (χ0) is 77.9. The van der Waals surface area contributed by atoms with Crippen LogP contribution in [0.15, 0.2) is 146 Å². The van der Waals surface area contributed by atoms with Crippen LogP contribution in [0.5, 0.6) is 0 Å². The first-order chi connectivity index (χ1) is 53.5. The van der Waals surface area contributed by atoms with Gasteiger partial charge in [0.25, 0.3) is 0 Å². The van der Waals surface area contributed by atoms with E-state index in [0.717, 1.165) is 0 Å². The Hall–Kier alpha value is -12.6. The number of rotatable bonds is 0. The predicted octanol–water partition coefficient (Wildman–Crippen LogP) is 26.5. The highest BCUT2D eigenvalue weighted by molar-refractivity contribution is 6.08. The summed E-state index contributed by atoms with van der Waals surface area (Å²) >= 11 is 0. The van der Waals surface area contributed by atoms with Gasteiger partial charge in [0.1, 0.15) is 0 Å². The Morgan fingerprint density at radius 2 is 0.170 bits per heavy atom. The Bertz CT molecular complexity index is 6100. The van der Waals surface area contributed by atoms with Crippen LogP contribution in [0.4, 0.5) is 105 Å². The number of hydrogen-bond acceptors (Lipinski definition) is 0. The van der Waals surface area contributed by atoms with Gasteiger partial charge >= 0.3 is 0 Å². The number of benzene rings is 18. The van der Waals surface area contributed by atoms with Crippen molar-refractivity contribution in [2.75, 3.05) is 0 Å². The van der Waals surface area contributed by atoms with Crippen molar-refractivity contribution < 1.29 is 105 Å². The summed E-state index contributed by atoms with van der Waals surface area (Å²) in [5, 5.41) is -2.31. The molecule has 0 saturated carbocycles. The molecule has 0 heterocycles. The standard InChI is InChI=1S/2C44H14F12/c2*45-33-25-7-13-1-19-20(2-14(13)8-26(25)34(46)40(52)39(33)51)32-23-5-17-11-29-27(35(47)41(53)43(55)37(29)49)9-15(17)3-21(23)31(19)22-4-16-10-28-30(12-18(16)6-24(22)32)38(50)44(56)42(54)36(28)48/h2*1-12,31-32H. The molecule has 0 amide bonds. The topological polar surface area (TPSA) is 0 Å². The Morgan fingerprint density at radius 3 is 0.241 bits per heavy atom. The summed E-state index contributed by atoms with van der Waals surface area (Å²) in [6, 6.07) is 34.2. The van der Waals surface area contributed by atoms with E-state index in [4.69, 9.17) is 0 Å². The number of halogens is 24. The van der Waals surface area contributed by atoms with Crippen LogP contribution >= 0.6 is 0 Å². The molecule has 6 aliphatic rings. The highest BCUT2D eigenvalue weighted by Crippen LogP contribution is 2.61. The first kappa shape index (κ1) is 67.5. The molecular weight excluding hydrogens is 1510 g/mol. The summed E-state index contributed by atoms with van der Waals surface area (Å²) in [4.78, 5) is 0. The molecule has 112 heavy (non-hydrogen) atoms. The molecule has 0 spiro atoms. The van der Waals surface area contributed by atoms with Crippen LogP contribution in [0.1, 0.15) is 90.4 Å². The summed E-state index contributed by atoms with van der Waals surface area (Å²) < 4.78 is 352. The Morgan fingerprint density at radius 1 is 0.0982 bits per heavy atom. The molecule has 0 aliphatic heterocycles. The third-order valence-electron chi connectivity index (χ3n) is 23.1. The summed E-state index contributed by atoms with van der Waals surface area (Å²) in [5.74, 6) is -45.8. The van der Waals surface area contributed by atoms with Gasteiger partial charge in [-0.3, -0.25) is 0 Å². The molecule has 0 unspecified atom stereocenters. The average molecular weight is 1540 g/mol. The van der Waals surface area contributed by atoms with E-state index in [1.165, 1.54) is 72.8 Å². The molecule has 0 saturated heterocycles. The Balaban J connectivity index is 0.000000141. The van der Waals surface area contributed by atoms with Gasteiger partial charge in [-0.25, -0.2) is 105 Å². The monoisotopic (exact) mass is 1540 g/mol. The first-order valence-electron chi connectivity index (χ1n) is 33.9. The van der Waals surface area contributed by atoms with Crippen molar-refractivity contribution in [1.82, 2.24) is 0 Å². The minimum absolute atomic E-state index is 0.319. The third-order valence-corrected chi connectivity index (χ3v) is 23.1. The molecular formula is C88H28F24. The molecule has 18 aromatic carbocycles. The Labute approximate surface area is 607 Å². The summed E-state index contributed by atoms with van der Waals surface area (Å²) in [7, 11) is 0. The molecule has 0 N–H and O–H groups in total. The molecule has 0 aromatic heterocycles. The first-order valence-corrected chi connectivity index (χ1v) is 33.9. The molecule has 24 heteroatoms. The lowest BCUT2D eigenvalue weighted by atomic mass is 9.60. The smallest absolute Gasteiger partial charge is 0.198 e. The van der Waals surface area contributed by atoms with Crippen molar-refractivity contribution in [1.29, 1.82) is 0 Å². The lowest BCUT2D eigenvalue weighted by molar-refractivity contribution is 0.418. The van der Waals surface area contributed by atoms with Crippen molar-refractivity contribution in [3.05, 3.63) is 352 Å². The molecule has 0 nitrogen and oxygen atoms in total. The molecule has 24 rings (SSSR count). The largest absolute Gasteiger partial charge is 0.203 e. The van der Waals surface area contributed by atoms with Gasteiger partial charge in [0, 0.05) is 88.3 Å². The van der Waals surface area contributed by atoms with E-state index in [1.54, 1.807) is 72.8 Å². The predicted molar refractivity (Wildman–Crippen MR) is 371 cm³/mol. The Kier molecular flexibility index (Phi) is 13.6. The highest BCUT2D eigenvalue weighted by atomic mass is 19.2. The highest BCUT2D eigenvalue weighted by Gasteiger charge is 2.45. The molecule has 0 atom stereocenters. The number of fused-ring (bicyclic) bond motifs is 12. The summed E-state index contributed by atoms with van der Waals surface area (Å²) in [6.45, 7) is 0. The average Bonchev–Trinajstić information content (AvgIpc) is 0.688. The fraction of sp³-hybridized carbons (Fsp3) is 0.0455. The van der Waals surface area contributed by atoms with Gasteiger partial charge in [-0.1, -0.05) is 0 Å². The van der Waals surface area contributed by atoms with Crippen molar-refractivity contribution in [2.45, 2.75) is 23.7 Å². The van der Waals surface area contributed by atoms with Gasteiger partial charge in [0.2, 0.25) is 0 Å². The van der Waals surface area contributed by atoms with E-state index in [-0.39, 0.29) is 0 Å². The van der Waals surface area contributed by atoms with E-state index in [9.17, 15) is 105 Å². The number of hydrogen-bond donors (Lipinski definition) is 0. The van der Waals surface area contributed by atoms with Gasteiger partial charge in [0.05, 0.1) is 0 Å². The lowest BCUT2D eigenvalue weighted by Crippen LogP contribution is -2.27. The van der Waals surface area contributed by atoms with Gasteiger partial charge in [-0.15, -0.1) is 0 Å². The van der Waals surface area contributed by atoms with Crippen molar-refractivity contribution in [2.24, 2.45) is 0 Å². The van der Waals surface area contributed by atoms with E-state index < -0.39 is 228 Å². The zero-order valence-electron chi connectivity index (χ0n) is 55.2. The van der Waals surface area contributed by atoms with Crippen LogP contribution in [-0.2, 0) is 0 Å². The normalized spacial score (nSPS) is 15.9. The molecule has 0 fully saturated rings. The second-order valence-electron chi connectivity index (χ2n) is 28.6. The van der Waals surface area contributed by atoms with Crippen molar-refractivity contribution in [3.63, 3.8) is 0 Å². The SMILES string of the molecule is Fc1c(F)c(F)c2cc3cc4c(cc3cc2c1F)C1c2cc3cc5c(F)c(F)c(F)c(F)c5cc3cc2C4c2cc3cc4c(F)c(F)c(F)c(F)c4cc3cc21.Fc1c(F)c(F)c2cc3cc4c(cc3cc2c1F)C1c2cc3cc5c(F)c(F)c(F)c(F)c5cc3cc2C4c2cc3cc4c(F)c(F)c(F)c(F)c4cc3cc21. The molecule has 0 radical (unpaired) electrons. The fourth-order valence-electron chi connectivity index (χ4n) is 18.1. The lowest BCUT2D eigenvalue weighted by Gasteiger charge is -2.43. The molecule has 548 valence electrons. The van der Waals surface area contributed by atoms with Crippen LogP contribution < -0.4 is 0 Å². The van der Waals surface area contributed by atoms with Gasteiger partial charge in [-0.2, -0.15) is 0 Å². The molecule has 6 aliphatic carbocycles. The zero-order valence-corrected chi connectivity index (χ0v) is 55.2. The quantitative estimate of drug-likeness (QED) is 0.0614. The summed E-state index contributed by atoms with van der Waals surface area (Å²) in [5.41, 5.74) is 7.35. The molecule has 4 bridgehead atoms. The van der Waals surface area contributed by atoms with Crippen LogP contribution in [0.3, 0.4) is 0 Å². The van der Waals surface area contributed by atoms with Crippen LogP contribution in [0.25, 0.3) is 129 Å². The minimum atomic E-state index is -1.98. The van der Waals surface area contributed by atoms with E-state index >= 15 is 0 Å². The van der Waals surface area contributed by atoms with Crippen molar-refractivity contribution in [3.8, 4) is 0 Å².